The van der Waals surface area contributed by atoms with Crippen LogP contribution in [0.2, 0.25) is 0 Å². The Morgan fingerprint density at radius 3 is 2.58 bits per heavy atom. The van der Waals surface area contributed by atoms with Crippen LogP contribution in [0.1, 0.15) is 45.0 Å². The van der Waals surface area contributed by atoms with Crippen molar-refractivity contribution in [1.82, 2.24) is 9.88 Å². The van der Waals surface area contributed by atoms with Gasteiger partial charge in [-0.05, 0) is 50.8 Å². The Balaban J connectivity index is 2.20. The van der Waals surface area contributed by atoms with E-state index in [0.29, 0.717) is 12.0 Å². The average Bonchev–Trinajstić information content (AvgIpc) is 3.15. The first-order valence-electron chi connectivity index (χ1n) is 7.33. The van der Waals surface area contributed by atoms with Crippen molar-refractivity contribution in [3.05, 3.63) is 29.6 Å². The molecule has 1 unspecified atom stereocenters. The van der Waals surface area contributed by atoms with E-state index in [1.54, 1.807) is 0 Å². The summed E-state index contributed by atoms with van der Waals surface area (Å²) in [6.07, 6.45) is 2.58. The number of rotatable bonds is 6. The first kappa shape index (κ1) is 14.5. The lowest BCUT2D eigenvalue weighted by atomic mass is 9.82. The van der Waals surface area contributed by atoms with Gasteiger partial charge in [-0.15, -0.1) is 0 Å². The highest BCUT2D eigenvalue weighted by Crippen LogP contribution is 2.55. The minimum atomic E-state index is 0.0766. The van der Waals surface area contributed by atoms with Crippen molar-refractivity contribution in [3.63, 3.8) is 0 Å². The molecule has 0 amide bonds. The van der Waals surface area contributed by atoms with Crippen LogP contribution in [0.25, 0.3) is 0 Å². The molecule has 106 valence electrons. The number of aryl methyl sites for hydroxylation is 1. The van der Waals surface area contributed by atoms with Gasteiger partial charge < -0.3 is 5.73 Å². The normalized spacial score (nSPS) is 20.3. The highest BCUT2D eigenvalue weighted by atomic mass is 15.2. The smallest absolute Gasteiger partial charge is 0.0547 e. The molecule has 1 aliphatic rings. The number of hydrogen-bond donors (Lipinski definition) is 1. The van der Waals surface area contributed by atoms with Gasteiger partial charge in [0.15, 0.2) is 0 Å². The maximum absolute atomic E-state index is 6.13. The number of pyridine rings is 1. The quantitative estimate of drug-likeness (QED) is 0.856. The first-order valence-corrected chi connectivity index (χ1v) is 7.33. The molecule has 0 radical (unpaired) electrons. The van der Waals surface area contributed by atoms with Crippen LogP contribution in [-0.4, -0.2) is 28.5 Å². The van der Waals surface area contributed by atoms with Gasteiger partial charge in [-0.2, -0.15) is 0 Å². The SMILES string of the molecule is CCN(Cc1cccc(C)n1)C(C)(CN)C1(C)CC1. The van der Waals surface area contributed by atoms with Gasteiger partial charge in [0.25, 0.3) is 0 Å². The Bertz CT molecular complexity index is 439. The summed E-state index contributed by atoms with van der Waals surface area (Å²) < 4.78 is 0. The molecule has 0 aliphatic heterocycles. The molecule has 3 nitrogen and oxygen atoms in total. The molecule has 1 saturated carbocycles. The lowest BCUT2D eigenvalue weighted by Gasteiger charge is -2.45. The van der Waals surface area contributed by atoms with E-state index in [0.717, 1.165) is 24.5 Å². The lowest BCUT2D eigenvalue weighted by Crippen LogP contribution is -2.56. The Morgan fingerprint density at radius 2 is 2.11 bits per heavy atom. The van der Waals surface area contributed by atoms with Crippen molar-refractivity contribution in [2.45, 2.75) is 52.6 Å². The zero-order valence-electron chi connectivity index (χ0n) is 12.7. The van der Waals surface area contributed by atoms with E-state index in [9.17, 15) is 0 Å². The van der Waals surface area contributed by atoms with E-state index in [4.69, 9.17) is 5.73 Å². The first-order chi connectivity index (χ1) is 8.95. The van der Waals surface area contributed by atoms with Crippen LogP contribution in [0.4, 0.5) is 0 Å². The van der Waals surface area contributed by atoms with Gasteiger partial charge in [0.2, 0.25) is 0 Å². The second kappa shape index (κ2) is 5.22. The third-order valence-electron chi connectivity index (χ3n) is 5.08. The predicted molar refractivity (Wildman–Crippen MR) is 79.9 cm³/mol. The van der Waals surface area contributed by atoms with E-state index < -0.39 is 0 Å². The third-order valence-corrected chi connectivity index (χ3v) is 5.08. The zero-order valence-corrected chi connectivity index (χ0v) is 12.7. The molecule has 2 rings (SSSR count). The third kappa shape index (κ3) is 2.67. The summed E-state index contributed by atoms with van der Waals surface area (Å²) in [5.41, 5.74) is 8.81. The molecule has 0 bridgehead atoms. The molecular weight excluding hydrogens is 234 g/mol. The zero-order chi connectivity index (χ0) is 14.1. The Morgan fingerprint density at radius 1 is 1.42 bits per heavy atom. The summed E-state index contributed by atoms with van der Waals surface area (Å²) in [5, 5.41) is 0. The molecule has 0 aromatic carbocycles. The molecule has 1 fully saturated rings. The van der Waals surface area contributed by atoms with Crippen molar-refractivity contribution >= 4 is 0 Å². The van der Waals surface area contributed by atoms with Gasteiger partial charge in [0, 0.05) is 24.3 Å². The lowest BCUT2D eigenvalue weighted by molar-refractivity contribution is 0.0439. The predicted octanol–water partition coefficient (Wildman–Crippen LogP) is 2.73. The molecule has 3 heteroatoms. The summed E-state index contributed by atoms with van der Waals surface area (Å²) in [5.74, 6) is 0. The summed E-state index contributed by atoms with van der Waals surface area (Å²) >= 11 is 0. The van der Waals surface area contributed by atoms with Crippen molar-refractivity contribution < 1.29 is 0 Å². The van der Waals surface area contributed by atoms with Crippen LogP contribution in [-0.2, 0) is 6.54 Å². The second-order valence-electron chi connectivity index (χ2n) is 6.32. The van der Waals surface area contributed by atoms with Crippen LogP contribution in [0.5, 0.6) is 0 Å². The number of nitrogens with two attached hydrogens (primary N) is 1. The van der Waals surface area contributed by atoms with Crippen molar-refractivity contribution in [2.24, 2.45) is 11.1 Å². The maximum Gasteiger partial charge on any atom is 0.0547 e. The van der Waals surface area contributed by atoms with Crippen molar-refractivity contribution in [2.75, 3.05) is 13.1 Å². The fourth-order valence-corrected chi connectivity index (χ4v) is 3.00. The molecule has 0 spiro atoms. The van der Waals surface area contributed by atoms with Crippen LogP contribution in [0, 0.1) is 12.3 Å². The van der Waals surface area contributed by atoms with Gasteiger partial charge in [0.1, 0.15) is 0 Å². The van der Waals surface area contributed by atoms with E-state index in [1.165, 1.54) is 12.8 Å². The van der Waals surface area contributed by atoms with Crippen LogP contribution < -0.4 is 5.73 Å². The molecule has 1 aliphatic carbocycles. The molecule has 1 aromatic rings. The monoisotopic (exact) mass is 261 g/mol. The molecule has 19 heavy (non-hydrogen) atoms. The number of likely N-dealkylation sites (N-methyl/N-ethyl adjacent to an activating group) is 1. The fraction of sp³-hybridized carbons (Fsp3) is 0.688. The minimum absolute atomic E-state index is 0.0766. The molecule has 1 atom stereocenters. The number of nitrogens with zero attached hydrogens (tertiary/aromatic N) is 2. The number of hydrogen-bond acceptors (Lipinski definition) is 3. The Labute approximate surface area is 117 Å². The van der Waals surface area contributed by atoms with Gasteiger partial charge in [-0.1, -0.05) is 19.9 Å². The molecule has 2 N–H and O–H groups in total. The van der Waals surface area contributed by atoms with Crippen LogP contribution >= 0.6 is 0 Å². The number of aromatic nitrogens is 1. The Kier molecular flexibility index (Phi) is 3.98. The standard InChI is InChI=1S/C16H27N3/c1-5-19(11-14-8-6-7-13(2)18-14)16(4,12-17)15(3)9-10-15/h6-8H,5,9-12,17H2,1-4H3. The maximum atomic E-state index is 6.13. The Hall–Kier alpha value is -0.930. The van der Waals surface area contributed by atoms with Crippen LogP contribution in [0.3, 0.4) is 0 Å². The summed E-state index contributed by atoms with van der Waals surface area (Å²) in [7, 11) is 0. The van der Waals surface area contributed by atoms with E-state index >= 15 is 0 Å². The van der Waals surface area contributed by atoms with Gasteiger partial charge in [-0.25, -0.2) is 0 Å². The van der Waals surface area contributed by atoms with E-state index in [1.807, 2.05) is 13.0 Å². The largest absolute Gasteiger partial charge is 0.329 e. The van der Waals surface area contributed by atoms with Crippen molar-refractivity contribution in [1.29, 1.82) is 0 Å². The van der Waals surface area contributed by atoms with E-state index in [-0.39, 0.29) is 5.54 Å². The minimum Gasteiger partial charge on any atom is -0.329 e. The second-order valence-corrected chi connectivity index (χ2v) is 6.32. The summed E-state index contributed by atoms with van der Waals surface area (Å²) in [4.78, 5) is 7.13. The molecular formula is C16H27N3. The molecule has 0 saturated heterocycles. The van der Waals surface area contributed by atoms with Gasteiger partial charge in [0.05, 0.1) is 5.69 Å². The average molecular weight is 261 g/mol. The van der Waals surface area contributed by atoms with Crippen molar-refractivity contribution in [3.8, 4) is 0 Å². The molecule has 1 aromatic heterocycles. The fourth-order valence-electron chi connectivity index (χ4n) is 3.00. The summed E-state index contributed by atoms with van der Waals surface area (Å²) in [6, 6.07) is 6.25. The topological polar surface area (TPSA) is 42.2 Å². The van der Waals surface area contributed by atoms with Gasteiger partial charge >= 0.3 is 0 Å². The van der Waals surface area contributed by atoms with Crippen LogP contribution in [0.15, 0.2) is 18.2 Å². The summed E-state index contributed by atoms with van der Waals surface area (Å²) in [6.45, 7) is 11.6. The molecule has 1 heterocycles. The van der Waals surface area contributed by atoms with Gasteiger partial charge in [-0.3, -0.25) is 9.88 Å². The highest BCUT2D eigenvalue weighted by molar-refractivity contribution is 5.13. The highest BCUT2D eigenvalue weighted by Gasteiger charge is 2.54. The van der Waals surface area contributed by atoms with E-state index in [2.05, 4.69) is 42.8 Å².